The maximum atomic E-state index is 14.7. The van der Waals surface area contributed by atoms with Gasteiger partial charge in [-0.15, -0.1) is 0 Å². The van der Waals surface area contributed by atoms with Crippen molar-refractivity contribution in [1.29, 1.82) is 0 Å². The van der Waals surface area contributed by atoms with E-state index in [4.69, 9.17) is 22.9 Å². The Hall–Kier alpha value is -6.15. The molecule has 2 aliphatic heterocycles. The van der Waals surface area contributed by atoms with Gasteiger partial charge in [-0.3, -0.25) is 52.7 Å². The molecule has 2 aliphatic rings. The molecular weight excluding hydrogens is 965 g/mol. The lowest BCUT2D eigenvalue weighted by atomic mass is 9.96. The fourth-order valence-corrected chi connectivity index (χ4v) is 10.4. The number of hydrogen-bond donors (Lipinski definition) is 12. The number of nitrogens with two attached hydrogens (primary N) is 4. The Kier molecular flexibility index (Phi) is 22.9. The number of carbonyl (C=O) groups is 11. The summed E-state index contributed by atoms with van der Waals surface area (Å²) in [5.41, 5.74) is 23.3. The number of likely N-dealkylation sites (tertiary alicyclic amines) is 1. The van der Waals surface area contributed by atoms with Crippen molar-refractivity contribution in [3.8, 4) is 5.75 Å². The van der Waals surface area contributed by atoms with Crippen LogP contribution in [0.3, 0.4) is 0 Å². The number of amides is 11. The maximum Gasteiger partial charge on any atom is 0.246 e. The van der Waals surface area contributed by atoms with Crippen molar-refractivity contribution in [3.05, 3.63) is 29.8 Å². The molecule has 1 aromatic rings. The van der Waals surface area contributed by atoms with Gasteiger partial charge in [0, 0.05) is 29.9 Å². The number of phenols is 1. The molecule has 11 amide bonds. The molecule has 3 rings (SSSR count). The van der Waals surface area contributed by atoms with Gasteiger partial charge < -0.3 is 70.2 Å². The van der Waals surface area contributed by atoms with Crippen LogP contribution in [-0.4, -0.2) is 147 Å². The Balaban J connectivity index is 2.12. The van der Waals surface area contributed by atoms with Crippen LogP contribution in [0.4, 0.5) is 0 Å². The third-order valence-corrected chi connectivity index (χ3v) is 15.2. The second-order valence-corrected chi connectivity index (χ2v) is 21.7. The zero-order valence-corrected chi connectivity index (χ0v) is 42.5. The quantitative estimate of drug-likeness (QED) is 0.0700. The first-order chi connectivity index (χ1) is 33.2. The second kappa shape index (κ2) is 27.5. The largest absolute Gasteiger partial charge is 0.508 e. The van der Waals surface area contributed by atoms with E-state index in [0.29, 0.717) is 18.4 Å². The number of carbonyl (C=O) groups excluding carboxylic acids is 11. The second-order valence-electron chi connectivity index (χ2n) is 18.7. The summed E-state index contributed by atoms with van der Waals surface area (Å²) in [6, 6.07) is -5.23. The molecule has 0 aromatic heterocycles. The van der Waals surface area contributed by atoms with E-state index < -0.39 is 150 Å². The smallest absolute Gasteiger partial charge is 0.246 e. The molecule has 2 fully saturated rings. The van der Waals surface area contributed by atoms with Gasteiger partial charge in [0.25, 0.3) is 0 Å². The van der Waals surface area contributed by atoms with E-state index in [1.54, 1.807) is 39.8 Å². The molecule has 394 valence electrons. The number of benzene rings is 1. The predicted octanol–water partition coefficient (Wildman–Crippen LogP) is -2.83. The standard InChI is InChI=1S/C45H70N12O12S2/c1-7-23(4)35-42(67)51-26(14-15-32(46)59)38(63)52-29(19-33(47)60)39(64)55-30(44(69)57-16-8-9-31(57)41(66)53-27(17-22(2)3)37(62)50-20-34(48)61)21-70-71-45(5,6)36(49)43(68)54-28(40(65)56-35)18-24-10-12-25(58)13-11-24/h10-13,22-23,26-31,35-36,58H,7-9,14-21,49H2,1-6H3,(H2,46,59)(H2,47,60)(H2,48,61)(H,50,62)(H,51,67)(H,52,63)(H,53,66)(H,54,68)(H,55,64)(H,56,65)/t23-,26?,27-,28-,29-,30-,31-,35-,36-/m0/s1. The van der Waals surface area contributed by atoms with Gasteiger partial charge in [0.1, 0.15) is 48.0 Å². The highest BCUT2D eigenvalue weighted by molar-refractivity contribution is 8.77. The molecule has 0 bridgehead atoms. The molecule has 0 spiro atoms. The summed E-state index contributed by atoms with van der Waals surface area (Å²) in [7, 11) is 2.08. The number of rotatable bonds is 17. The van der Waals surface area contributed by atoms with E-state index in [0.717, 1.165) is 21.6 Å². The molecule has 71 heavy (non-hydrogen) atoms. The van der Waals surface area contributed by atoms with Crippen LogP contribution >= 0.6 is 21.6 Å². The summed E-state index contributed by atoms with van der Waals surface area (Å²) >= 11 is 0. The minimum atomic E-state index is -1.76. The van der Waals surface area contributed by atoms with Crippen molar-refractivity contribution in [3.63, 3.8) is 0 Å². The van der Waals surface area contributed by atoms with Crippen LogP contribution in [-0.2, 0) is 59.2 Å². The van der Waals surface area contributed by atoms with Gasteiger partial charge in [-0.25, -0.2) is 0 Å². The van der Waals surface area contributed by atoms with Gasteiger partial charge >= 0.3 is 0 Å². The highest BCUT2D eigenvalue weighted by Gasteiger charge is 2.42. The van der Waals surface area contributed by atoms with E-state index >= 15 is 0 Å². The molecule has 1 unspecified atom stereocenters. The van der Waals surface area contributed by atoms with E-state index in [2.05, 4.69) is 37.2 Å². The first kappa shape index (κ1) is 59.2. The predicted molar refractivity (Wildman–Crippen MR) is 264 cm³/mol. The molecule has 2 heterocycles. The molecule has 0 aliphatic carbocycles. The van der Waals surface area contributed by atoms with Gasteiger partial charge in [0.2, 0.25) is 65.0 Å². The van der Waals surface area contributed by atoms with Gasteiger partial charge in [-0.05, 0) is 69.1 Å². The van der Waals surface area contributed by atoms with Crippen molar-refractivity contribution in [2.24, 2.45) is 34.8 Å². The topological polar surface area (TPSA) is 400 Å². The maximum absolute atomic E-state index is 14.7. The summed E-state index contributed by atoms with van der Waals surface area (Å²) in [6.45, 7) is 9.87. The summed E-state index contributed by atoms with van der Waals surface area (Å²) in [5, 5.41) is 27.9. The van der Waals surface area contributed by atoms with Gasteiger partial charge in [0.15, 0.2) is 0 Å². The minimum absolute atomic E-state index is 0.0412. The van der Waals surface area contributed by atoms with E-state index in [9.17, 15) is 57.8 Å². The highest BCUT2D eigenvalue weighted by Crippen LogP contribution is 2.38. The van der Waals surface area contributed by atoms with Crippen LogP contribution in [0.15, 0.2) is 24.3 Å². The van der Waals surface area contributed by atoms with Crippen molar-refractivity contribution in [2.45, 2.75) is 146 Å². The molecule has 1 aromatic carbocycles. The van der Waals surface area contributed by atoms with Crippen LogP contribution in [0.5, 0.6) is 5.75 Å². The number of hydrogen-bond acceptors (Lipinski definition) is 15. The number of nitrogens with zero attached hydrogens (tertiary/aromatic N) is 1. The molecule has 0 saturated carbocycles. The first-order valence-corrected chi connectivity index (χ1v) is 25.7. The number of phenolic OH excluding ortho intramolecular Hbond substituents is 1. The monoisotopic (exact) mass is 1030 g/mol. The molecule has 26 heteroatoms. The lowest BCUT2D eigenvalue weighted by molar-refractivity contribution is -0.142. The van der Waals surface area contributed by atoms with Gasteiger partial charge in [-0.1, -0.05) is 67.8 Å². The van der Waals surface area contributed by atoms with Crippen LogP contribution in [0.1, 0.15) is 92.1 Å². The SMILES string of the molecule is CC[C@H](C)[C@@H]1NC(=O)[C@H](Cc2ccc(O)cc2)NC(=O)[C@H](N)C(C)(C)SSC[C@@H](C(=O)N2CCC[C@H]2C(=O)N[C@@H](CC(C)C)C(=O)NCC(N)=O)NC(=O)[C@H](CC(N)=O)NC(=O)C(CCC(N)=O)NC1=O. The lowest BCUT2D eigenvalue weighted by Gasteiger charge is -2.33. The molecule has 16 N–H and O–H groups in total. The Labute approximate surface area is 420 Å². The van der Waals surface area contributed by atoms with E-state index in [1.807, 2.05) is 13.8 Å². The third-order valence-electron chi connectivity index (χ3n) is 11.9. The lowest BCUT2D eigenvalue weighted by Crippen LogP contribution is -2.62. The van der Waals surface area contributed by atoms with Crippen molar-refractivity contribution in [1.82, 2.24) is 42.1 Å². The molecular formula is C45H70N12O12S2. The van der Waals surface area contributed by atoms with Crippen molar-refractivity contribution >= 4 is 86.6 Å². The average molecular weight is 1040 g/mol. The fraction of sp³-hybridized carbons (Fsp3) is 0.622. The molecule has 9 atom stereocenters. The highest BCUT2D eigenvalue weighted by atomic mass is 33.1. The zero-order valence-electron chi connectivity index (χ0n) is 40.9. The Morgan fingerprint density at radius 3 is 2.01 bits per heavy atom. The van der Waals surface area contributed by atoms with Crippen LogP contribution in [0.2, 0.25) is 0 Å². The van der Waals surface area contributed by atoms with Crippen LogP contribution in [0.25, 0.3) is 0 Å². The Morgan fingerprint density at radius 2 is 1.42 bits per heavy atom. The third kappa shape index (κ3) is 18.5. The molecule has 0 radical (unpaired) electrons. The Bertz CT molecular complexity index is 2130. The normalized spacial score (nSPS) is 24.7. The summed E-state index contributed by atoms with van der Waals surface area (Å²) in [6.07, 6.45) is -0.746. The summed E-state index contributed by atoms with van der Waals surface area (Å²) in [4.78, 5) is 149. The van der Waals surface area contributed by atoms with Crippen LogP contribution < -0.4 is 60.2 Å². The number of primary amides is 3. The molecule has 2 saturated heterocycles. The van der Waals surface area contributed by atoms with Gasteiger partial charge in [-0.2, -0.15) is 0 Å². The summed E-state index contributed by atoms with van der Waals surface area (Å²) in [5.74, 6) is -10.4. The number of aromatic hydroxyl groups is 1. The first-order valence-electron chi connectivity index (χ1n) is 23.3. The van der Waals surface area contributed by atoms with Crippen molar-refractivity contribution in [2.75, 3.05) is 18.8 Å². The van der Waals surface area contributed by atoms with E-state index in [-0.39, 0.29) is 43.2 Å². The van der Waals surface area contributed by atoms with Crippen molar-refractivity contribution < 1.29 is 57.8 Å². The summed E-state index contributed by atoms with van der Waals surface area (Å²) < 4.78 is -1.16. The van der Waals surface area contributed by atoms with Gasteiger partial charge in [0.05, 0.1) is 19.0 Å². The zero-order chi connectivity index (χ0) is 53.3. The average Bonchev–Trinajstić information content (AvgIpc) is 3.79. The minimum Gasteiger partial charge on any atom is -0.508 e. The molecule has 24 nitrogen and oxygen atoms in total. The van der Waals surface area contributed by atoms with E-state index in [1.165, 1.54) is 17.0 Å². The fourth-order valence-electron chi connectivity index (χ4n) is 7.63. The van der Waals surface area contributed by atoms with Crippen LogP contribution in [0, 0.1) is 11.8 Å². The Morgan fingerprint density at radius 1 is 0.817 bits per heavy atom. The number of nitrogens with one attached hydrogen (secondary N) is 7.